The summed E-state index contributed by atoms with van der Waals surface area (Å²) in [6, 6.07) is 5.73. The van der Waals surface area contributed by atoms with E-state index in [1.54, 1.807) is 13.0 Å². The third-order valence-electron chi connectivity index (χ3n) is 3.03. The summed E-state index contributed by atoms with van der Waals surface area (Å²) in [5.41, 5.74) is 0.757. The lowest BCUT2D eigenvalue weighted by Crippen LogP contribution is -2.15. The smallest absolute Gasteiger partial charge is 0.277 e. The minimum atomic E-state index is -0.601. The second-order valence-corrected chi connectivity index (χ2v) is 6.09. The number of nitrogens with zero attached hydrogens (tertiary/aromatic N) is 2. The molecular weight excluding hydrogens is 357 g/mol. The average Bonchev–Trinajstić information content (AvgIpc) is 3.16. The zero-order valence-corrected chi connectivity index (χ0v) is 13.9. The number of thioether (sulfide) groups is 1. The van der Waals surface area contributed by atoms with Gasteiger partial charge in [0.25, 0.3) is 11.1 Å². The highest BCUT2D eigenvalue weighted by atomic mass is 35.5. The van der Waals surface area contributed by atoms with Crippen LogP contribution in [0.5, 0.6) is 0 Å². The molecule has 0 spiro atoms. The Bertz CT molecular complexity index is 880. The summed E-state index contributed by atoms with van der Waals surface area (Å²) in [4.78, 5) is 11.9. The molecule has 0 bridgehead atoms. The number of furan rings is 1. The van der Waals surface area contributed by atoms with Gasteiger partial charge in [-0.25, -0.2) is 4.39 Å². The Hall–Kier alpha value is -2.32. The molecule has 1 N–H and O–H groups in total. The summed E-state index contributed by atoms with van der Waals surface area (Å²) in [6.07, 6.45) is 1.52. The van der Waals surface area contributed by atoms with Gasteiger partial charge in [-0.3, -0.25) is 4.79 Å². The Morgan fingerprint density at radius 2 is 2.21 bits per heavy atom. The maximum Gasteiger partial charge on any atom is 0.277 e. The van der Waals surface area contributed by atoms with Crippen LogP contribution in [0.4, 0.5) is 10.1 Å². The van der Waals surface area contributed by atoms with Gasteiger partial charge >= 0.3 is 0 Å². The first-order valence-electron chi connectivity index (χ1n) is 6.78. The van der Waals surface area contributed by atoms with Crippen molar-refractivity contribution in [3.63, 3.8) is 0 Å². The molecule has 0 aliphatic rings. The predicted molar refractivity (Wildman–Crippen MR) is 87.5 cm³/mol. The number of aryl methyl sites for hydroxylation is 1. The lowest BCUT2D eigenvalue weighted by molar-refractivity contribution is -0.113. The number of carbonyl (C=O) groups is 1. The Kier molecular flexibility index (Phi) is 4.86. The van der Waals surface area contributed by atoms with Gasteiger partial charge in [-0.15, -0.1) is 10.2 Å². The van der Waals surface area contributed by atoms with Gasteiger partial charge in [0.1, 0.15) is 11.6 Å². The van der Waals surface area contributed by atoms with Gasteiger partial charge in [0.05, 0.1) is 23.3 Å². The van der Waals surface area contributed by atoms with Crippen LogP contribution in [0.15, 0.2) is 44.6 Å². The number of aromatic nitrogens is 2. The molecule has 24 heavy (non-hydrogen) atoms. The van der Waals surface area contributed by atoms with Crippen LogP contribution in [-0.4, -0.2) is 21.9 Å². The largest absolute Gasteiger partial charge is 0.469 e. The number of hydrogen-bond donors (Lipinski definition) is 1. The Balaban J connectivity index is 1.59. The number of carbonyl (C=O) groups excluding carboxylic acids is 1. The highest BCUT2D eigenvalue weighted by molar-refractivity contribution is 7.99. The molecule has 2 aromatic heterocycles. The van der Waals surface area contributed by atoms with Gasteiger partial charge in [-0.2, -0.15) is 0 Å². The molecule has 124 valence electrons. The number of benzene rings is 1. The number of amides is 1. The number of halogens is 2. The normalized spacial score (nSPS) is 10.8. The van der Waals surface area contributed by atoms with Crippen LogP contribution in [0.2, 0.25) is 5.02 Å². The molecule has 0 saturated carbocycles. The molecule has 3 aromatic rings. The molecule has 9 heteroatoms. The van der Waals surface area contributed by atoms with Crippen LogP contribution in [-0.2, 0) is 4.79 Å². The van der Waals surface area contributed by atoms with Crippen LogP contribution in [0.25, 0.3) is 11.5 Å². The van der Waals surface area contributed by atoms with Gasteiger partial charge in [-0.1, -0.05) is 23.4 Å². The number of nitrogens with one attached hydrogen (secondary N) is 1. The van der Waals surface area contributed by atoms with Crippen molar-refractivity contribution < 1.29 is 18.0 Å². The van der Waals surface area contributed by atoms with Crippen LogP contribution < -0.4 is 5.32 Å². The van der Waals surface area contributed by atoms with E-state index in [0.717, 1.165) is 17.8 Å². The van der Waals surface area contributed by atoms with E-state index in [4.69, 9.17) is 20.4 Å². The molecular formula is C15H11ClFN3O3S. The standard InChI is InChI=1S/C15H11ClFN3O3S/c1-8-10(4-5-22-8)14-19-20-15(23-14)24-7-13(21)18-12-3-2-9(16)6-11(12)17/h2-6H,7H2,1H3,(H,18,21). The fourth-order valence-corrected chi connectivity index (χ4v) is 2.61. The minimum absolute atomic E-state index is 0.00588. The molecule has 0 unspecified atom stereocenters. The molecule has 2 heterocycles. The average molecular weight is 368 g/mol. The SMILES string of the molecule is Cc1occc1-c1nnc(SCC(=O)Nc2ccc(Cl)cc2F)o1. The van der Waals surface area contributed by atoms with Crippen LogP contribution in [0, 0.1) is 12.7 Å². The molecule has 6 nitrogen and oxygen atoms in total. The first-order chi connectivity index (χ1) is 11.5. The molecule has 0 aliphatic carbocycles. The van der Waals surface area contributed by atoms with E-state index in [0.29, 0.717) is 17.2 Å². The van der Waals surface area contributed by atoms with Crippen LogP contribution in [0.3, 0.4) is 0 Å². The lowest BCUT2D eigenvalue weighted by atomic mass is 10.3. The second kappa shape index (κ2) is 7.06. The number of rotatable bonds is 5. The monoisotopic (exact) mass is 367 g/mol. The number of anilines is 1. The van der Waals surface area contributed by atoms with Gasteiger partial charge in [0, 0.05) is 5.02 Å². The first kappa shape index (κ1) is 16.5. The summed E-state index contributed by atoms with van der Waals surface area (Å²) in [7, 11) is 0. The summed E-state index contributed by atoms with van der Waals surface area (Å²) in [5.74, 6) is -0.0375. The first-order valence-corrected chi connectivity index (χ1v) is 8.15. The van der Waals surface area contributed by atoms with Crippen molar-refractivity contribution in [3.05, 3.63) is 47.1 Å². The van der Waals surface area contributed by atoms with Crippen molar-refractivity contribution >= 4 is 35.0 Å². The van der Waals surface area contributed by atoms with E-state index in [-0.39, 0.29) is 21.7 Å². The summed E-state index contributed by atoms with van der Waals surface area (Å²) in [5, 5.41) is 10.7. The van der Waals surface area contributed by atoms with E-state index >= 15 is 0 Å². The van der Waals surface area contributed by atoms with Gasteiger partial charge in [0.15, 0.2) is 0 Å². The van der Waals surface area contributed by atoms with Gasteiger partial charge in [0.2, 0.25) is 5.91 Å². The fraction of sp³-hybridized carbons (Fsp3) is 0.133. The molecule has 1 aromatic carbocycles. The van der Waals surface area contributed by atoms with Crippen molar-refractivity contribution in [3.8, 4) is 11.5 Å². The van der Waals surface area contributed by atoms with E-state index in [9.17, 15) is 9.18 Å². The Labute approximate surface area is 145 Å². The van der Waals surface area contributed by atoms with Crippen LogP contribution in [0.1, 0.15) is 5.76 Å². The van der Waals surface area contributed by atoms with Crippen molar-refractivity contribution in [1.82, 2.24) is 10.2 Å². The molecule has 0 radical (unpaired) electrons. The van der Waals surface area contributed by atoms with E-state index < -0.39 is 11.7 Å². The topological polar surface area (TPSA) is 81.2 Å². The van der Waals surface area contributed by atoms with Crippen molar-refractivity contribution in [2.24, 2.45) is 0 Å². The highest BCUT2D eigenvalue weighted by Gasteiger charge is 2.15. The van der Waals surface area contributed by atoms with Crippen molar-refractivity contribution in [1.29, 1.82) is 0 Å². The molecule has 1 amide bonds. The molecule has 0 saturated heterocycles. The second-order valence-electron chi connectivity index (χ2n) is 4.72. The summed E-state index contributed by atoms with van der Waals surface area (Å²) < 4.78 is 24.2. The van der Waals surface area contributed by atoms with Crippen LogP contribution >= 0.6 is 23.4 Å². The number of hydrogen-bond acceptors (Lipinski definition) is 6. The lowest BCUT2D eigenvalue weighted by Gasteiger charge is -2.05. The molecule has 0 aliphatic heterocycles. The minimum Gasteiger partial charge on any atom is -0.469 e. The third kappa shape index (κ3) is 3.77. The quantitative estimate of drug-likeness (QED) is 0.682. The fourth-order valence-electron chi connectivity index (χ4n) is 1.89. The van der Waals surface area contributed by atoms with Gasteiger partial charge in [-0.05, 0) is 31.2 Å². The maximum atomic E-state index is 13.6. The maximum absolute atomic E-state index is 13.6. The van der Waals surface area contributed by atoms with Crippen molar-refractivity contribution in [2.75, 3.05) is 11.1 Å². The van der Waals surface area contributed by atoms with E-state index in [1.807, 2.05) is 0 Å². The third-order valence-corrected chi connectivity index (χ3v) is 4.08. The summed E-state index contributed by atoms with van der Waals surface area (Å²) >= 11 is 6.71. The van der Waals surface area contributed by atoms with E-state index in [1.165, 1.54) is 18.4 Å². The van der Waals surface area contributed by atoms with E-state index in [2.05, 4.69) is 15.5 Å². The molecule has 3 rings (SSSR count). The summed E-state index contributed by atoms with van der Waals surface area (Å²) in [6.45, 7) is 1.78. The van der Waals surface area contributed by atoms with Gasteiger partial charge < -0.3 is 14.2 Å². The highest BCUT2D eigenvalue weighted by Crippen LogP contribution is 2.26. The van der Waals surface area contributed by atoms with Crippen molar-refractivity contribution in [2.45, 2.75) is 12.1 Å². The zero-order valence-electron chi connectivity index (χ0n) is 12.4. The zero-order chi connectivity index (χ0) is 17.1. The Morgan fingerprint density at radius 1 is 1.38 bits per heavy atom. The predicted octanol–water partition coefficient (Wildman–Crippen LogP) is 4.16. The molecule has 0 fully saturated rings. The Morgan fingerprint density at radius 3 is 2.92 bits per heavy atom. The molecule has 0 atom stereocenters.